The van der Waals surface area contributed by atoms with Gasteiger partial charge in [-0.25, -0.2) is 4.98 Å². The van der Waals surface area contributed by atoms with Crippen LogP contribution in [0.15, 0.2) is 33.9 Å². The van der Waals surface area contributed by atoms with Crippen molar-refractivity contribution in [3.63, 3.8) is 0 Å². The molecule has 0 fully saturated rings. The number of rotatable bonds is 11. The van der Waals surface area contributed by atoms with Crippen LogP contribution in [0.5, 0.6) is 0 Å². The zero-order valence-corrected chi connectivity index (χ0v) is 15.6. The summed E-state index contributed by atoms with van der Waals surface area (Å²) in [5.74, 6) is 1.27. The molecule has 0 saturated carbocycles. The summed E-state index contributed by atoms with van der Waals surface area (Å²) in [4.78, 5) is 16.7. The molecule has 25 heavy (non-hydrogen) atoms. The molecule has 2 aromatic heterocycles. The summed E-state index contributed by atoms with van der Waals surface area (Å²) in [5.41, 5.74) is 1.42. The standard InChI is InChI=1S/C18H25N3O3S/c1-3-4-10-23-11-6-9-19-17(22)16-7-5-8-20-18(16)25-13-15-12-14(2)24-21-15/h5,7-8,12H,3-4,6,9-11,13H2,1-2H3,(H,19,22). The number of hydrogen-bond donors (Lipinski definition) is 1. The van der Waals surface area contributed by atoms with Crippen molar-refractivity contribution in [1.82, 2.24) is 15.5 Å². The monoisotopic (exact) mass is 363 g/mol. The van der Waals surface area contributed by atoms with Crippen molar-refractivity contribution in [1.29, 1.82) is 0 Å². The summed E-state index contributed by atoms with van der Waals surface area (Å²) in [6.07, 6.45) is 4.70. The van der Waals surface area contributed by atoms with E-state index >= 15 is 0 Å². The summed E-state index contributed by atoms with van der Waals surface area (Å²) < 4.78 is 10.5. The second-order valence-corrected chi connectivity index (χ2v) is 6.61. The first-order valence-corrected chi connectivity index (χ1v) is 9.55. The lowest BCUT2D eigenvalue weighted by Gasteiger charge is -2.09. The van der Waals surface area contributed by atoms with Gasteiger partial charge in [0.2, 0.25) is 0 Å². The molecule has 0 aliphatic rings. The van der Waals surface area contributed by atoms with Crippen LogP contribution in [0.25, 0.3) is 0 Å². The van der Waals surface area contributed by atoms with Gasteiger partial charge in [-0.3, -0.25) is 4.79 Å². The Labute approximate surface area is 152 Å². The van der Waals surface area contributed by atoms with Crippen molar-refractivity contribution in [2.24, 2.45) is 0 Å². The molecule has 0 bridgehead atoms. The largest absolute Gasteiger partial charge is 0.381 e. The highest BCUT2D eigenvalue weighted by molar-refractivity contribution is 7.98. The Balaban J connectivity index is 1.79. The third-order valence-corrected chi connectivity index (χ3v) is 4.48. The fourth-order valence-corrected chi connectivity index (χ4v) is 3.00. The number of nitrogens with zero attached hydrogens (tertiary/aromatic N) is 2. The first-order chi connectivity index (χ1) is 12.2. The molecule has 2 heterocycles. The molecule has 0 radical (unpaired) electrons. The zero-order valence-electron chi connectivity index (χ0n) is 14.8. The molecule has 0 aromatic carbocycles. The number of unbranched alkanes of at least 4 members (excludes halogenated alkanes) is 1. The number of amides is 1. The lowest BCUT2D eigenvalue weighted by Crippen LogP contribution is -2.26. The SMILES string of the molecule is CCCCOCCCNC(=O)c1cccnc1SCc1cc(C)on1. The van der Waals surface area contributed by atoms with E-state index < -0.39 is 0 Å². The van der Waals surface area contributed by atoms with Gasteiger partial charge < -0.3 is 14.6 Å². The highest BCUT2D eigenvalue weighted by Gasteiger charge is 2.13. The Morgan fingerprint density at radius 3 is 2.96 bits per heavy atom. The second kappa shape index (κ2) is 10.9. The van der Waals surface area contributed by atoms with E-state index in [1.54, 1.807) is 18.3 Å². The molecule has 1 amide bonds. The molecule has 2 rings (SSSR count). The normalized spacial score (nSPS) is 10.8. The molecule has 2 aromatic rings. The third kappa shape index (κ3) is 6.88. The Hall–Kier alpha value is -1.86. The number of carbonyl (C=O) groups excluding carboxylic acids is 1. The molecule has 0 atom stereocenters. The van der Waals surface area contributed by atoms with E-state index in [0.717, 1.165) is 37.3 Å². The van der Waals surface area contributed by atoms with E-state index in [-0.39, 0.29) is 5.91 Å². The average Bonchev–Trinajstić information content (AvgIpc) is 3.04. The van der Waals surface area contributed by atoms with Crippen molar-refractivity contribution in [2.45, 2.75) is 43.9 Å². The number of nitrogens with one attached hydrogen (secondary N) is 1. The maximum atomic E-state index is 12.4. The van der Waals surface area contributed by atoms with Gasteiger partial charge in [0.1, 0.15) is 10.8 Å². The summed E-state index contributed by atoms with van der Waals surface area (Å²) >= 11 is 1.48. The van der Waals surface area contributed by atoms with E-state index in [1.165, 1.54) is 11.8 Å². The Bertz CT molecular complexity index is 661. The number of aryl methyl sites for hydroxylation is 1. The molecule has 0 saturated heterocycles. The van der Waals surface area contributed by atoms with Crippen molar-refractivity contribution in [3.05, 3.63) is 41.4 Å². The molecule has 6 nitrogen and oxygen atoms in total. The van der Waals surface area contributed by atoms with E-state index in [2.05, 4.69) is 22.4 Å². The quantitative estimate of drug-likeness (QED) is 0.485. The summed E-state index contributed by atoms with van der Waals surface area (Å²) in [7, 11) is 0. The summed E-state index contributed by atoms with van der Waals surface area (Å²) in [6, 6.07) is 5.44. The average molecular weight is 363 g/mol. The van der Waals surface area contributed by atoms with E-state index in [9.17, 15) is 4.79 Å². The molecular weight excluding hydrogens is 338 g/mol. The number of ether oxygens (including phenoxy) is 1. The summed E-state index contributed by atoms with van der Waals surface area (Å²) in [6.45, 7) is 6.03. The lowest BCUT2D eigenvalue weighted by molar-refractivity contribution is 0.0937. The molecular formula is C18H25N3O3S. The van der Waals surface area contributed by atoms with Crippen molar-refractivity contribution < 1.29 is 14.1 Å². The van der Waals surface area contributed by atoms with Crippen LogP contribution in [-0.2, 0) is 10.5 Å². The first kappa shape index (κ1) is 19.5. The molecule has 0 aliphatic carbocycles. The predicted octanol–water partition coefficient (Wildman–Crippen LogP) is 3.61. The Morgan fingerprint density at radius 1 is 1.36 bits per heavy atom. The van der Waals surface area contributed by atoms with Crippen LogP contribution >= 0.6 is 11.8 Å². The highest BCUT2D eigenvalue weighted by Crippen LogP contribution is 2.24. The molecule has 136 valence electrons. The maximum Gasteiger partial charge on any atom is 0.254 e. The van der Waals surface area contributed by atoms with Crippen molar-refractivity contribution >= 4 is 17.7 Å². The van der Waals surface area contributed by atoms with Crippen molar-refractivity contribution in [3.8, 4) is 0 Å². The van der Waals surface area contributed by atoms with Crippen LogP contribution in [0.3, 0.4) is 0 Å². The molecule has 7 heteroatoms. The lowest BCUT2D eigenvalue weighted by atomic mass is 10.2. The third-order valence-electron chi connectivity index (χ3n) is 3.44. The predicted molar refractivity (Wildman–Crippen MR) is 97.7 cm³/mol. The molecule has 0 unspecified atom stereocenters. The number of hydrogen-bond acceptors (Lipinski definition) is 6. The second-order valence-electron chi connectivity index (χ2n) is 5.65. The minimum atomic E-state index is -0.111. The topological polar surface area (TPSA) is 77.2 Å². The minimum absolute atomic E-state index is 0.111. The van der Waals surface area contributed by atoms with Crippen LogP contribution in [0.1, 0.15) is 48.0 Å². The molecule has 1 N–H and O–H groups in total. The Morgan fingerprint density at radius 2 is 2.20 bits per heavy atom. The van der Waals surface area contributed by atoms with Crippen LogP contribution in [0.2, 0.25) is 0 Å². The number of thioether (sulfide) groups is 1. The smallest absolute Gasteiger partial charge is 0.254 e. The van der Waals surface area contributed by atoms with Gasteiger partial charge in [-0.15, -0.1) is 0 Å². The van der Waals surface area contributed by atoms with Gasteiger partial charge >= 0.3 is 0 Å². The Kier molecular flexibility index (Phi) is 8.48. The van der Waals surface area contributed by atoms with Crippen LogP contribution in [0.4, 0.5) is 0 Å². The van der Waals surface area contributed by atoms with Crippen LogP contribution in [-0.4, -0.2) is 35.8 Å². The van der Waals surface area contributed by atoms with E-state index in [1.807, 2.05) is 13.0 Å². The van der Waals surface area contributed by atoms with E-state index in [0.29, 0.717) is 29.5 Å². The van der Waals surface area contributed by atoms with E-state index in [4.69, 9.17) is 9.26 Å². The van der Waals surface area contributed by atoms with Gasteiger partial charge in [-0.1, -0.05) is 30.3 Å². The van der Waals surface area contributed by atoms with Gasteiger partial charge in [-0.05, 0) is 31.9 Å². The van der Waals surface area contributed by atoms with Crippen molar-refractivity contribution in [2.75, 3.05) is 19.8 Å². The van der Waals surface area contributed by atoms with Crippen LogP contribution < -0.4 is 5.32 Å². The number of carbonyl (C=O) groups is 1. The zero-order chi connectivity index (χ0) is 17.9. The number of aromatic nitrogens is 2. The molecule has 0 aliphatic heterocycles. The highest BCUT2D eigenvalue weighted by atomic mass is 32.2. The van der Waals surface area contributed by atoms with Crippen LogP contribution in [0, 0.1) is 6.92 Å². The maximum absolute atomic E-state index is 12.4. The fourth-order valence-electron chi connectivity index (χ4n) is 2.13. The first-order valence-electron chi connectivity index (χ1n) is 8.56. The fraction of sp³-hybridized carbons (Fsp3) is 0.500. The van der Waals surface area contributed by atoms with Gasteiger partial charge in [0, 0.05) is 37.8 Å². The molecule has 0 spiro atoms. The van der Waals surface area contributed by atoms with Gasteiger partial charge in [0.15, 0.2) is 0 Å². The number of pyridine rings is 1. The minimum Gasteiger partial charge on any atom is -0.381 e. The van der Waals surface area contributed by atoms with Gasteiger partial charge in [-0.2, -0.15) is 0 Å². The van der Waals surface area contributed by atoms with Gasteiger partial charge in [0.25, 0.3) is 5.91 Å². The summed E-state index contributed by atoms with van der Waals surface area (Å²) in [5, 5.41) is 7.58. The van der Waals surface area contributed by atoms with Gasteiger partial charge in [0.05, 0.1) is 11.3 Å².